The zero-order chi connectivity index (χ0) is 22.4. The second-order valence-electron chi connectivity index (χ2n) is 7.91. The molecule has 0 saturated carbocycles. The van der Waals surface area contributed by atoms with Crippen molar-refractivity contribution in [1.82, 2.24) is 19.3 Å². The van der Waals surface area contributed by atoms with Crippen molar-refractivity contribution in [3.63, 3.8) is 0 Å². The van der Waals surface area contributed by atoms with Crippen LogP contribution in [-0.4, -0.2) is 38.9 Å². The molecule has 0 fully saturated rings. The fourth-order valence-corrected chi connectivity index (χ4v) is 4.35. The van der Waals surface area contributed by atoms with Gasteiger partial charge >= 0.3 is 0 Å². The number of nitrogens with zero attached hydrogens (tertiary/aromatic N) is 5. The van der Waals surface area contributed by atoms with Gasteiger partial charge in [-0.3, -0.25) is 9.69 Å². The molecule has 0 N–H and O–H groups in total. The van der Waals surface area contributed by atoms with Crippen LogP contribution >= 0.6 is 0 Å². The van der Waals surface area contributed by atoms with Crippen LogP contribution in [0.5, 0.6) is 5.75 Å². The van der Waals surface area contributed by atoms with Gasteiger partial charge in [0.2, 0.25) is 5.95 Å². The monoisotopic (exact) mass is 435 g/mol. The maximum atomic E-state index is 13.9. The van der Waals surface area contributed by atoms with Crippen molar-refractivity contribution in [2.75, 3.05) is 18.6 Å². The second kappa shape index (κ2) is 7.63. The van der Waals surface area contributed by atoms with E-state index in [-0.39, 0.29) is 5.91 Å². The van der Waals surface area contributed by atoms with Crippen LogP contribution in [0.4, 0.5) is 5.95 Å². The Bertz CT molecular complexity index is 1490. The van der Waals surface area contributed by atoms with E-state index in [1.165, 1.54) is 0 Å². The summed E-state index contributed by atoms with van der Waals surface area (Å²) in [6.07, 6.45) is 1.80. The number of ether oxygens (including phenoxy) is 1. The van der Waals surface area contributed by atoms with Crippen LogP contribution in [0.1, 0.15) is 10.4 Å². The van der Waals surface area contributed by atoms with E-state index in [2.05, 4.69) is 4.57 Å². The van der Waals surface area contributed by atoms with Crippen molar-refractivity contribution in [2.24, 2.45) is 0 Å². The number of hydrogen-bond donors (Lipinski definition) is 0. The average Bonchev–Trinajstić information content (AvgIpc) is 3.58. The number of carbonyl (C=O) groups excluding carboxylic acids is 1. The lowest BCUT2D eigenvalue weighted by atomic mass is 10.1. The van der Waals surface area contributed by atoms with Crippen molar-refractivity contribution in [1.29, 1.82) is 0 Å². The summed E-state index contributed by atoms with van der Waals surface area (Å²) >= 11 is 0. The van der Waals surface area contributed by atoms with Crippen LogP contribution < -0.4 is 9.64 Å². The highest BCUT2D eigenvalue weighted by Crippen LogP contribution is 2.32. The lowest BCUT2D eigenvalue weighted by Gasteiger charge is -2.14. The summed E-state index contributed by atoms with van der Waals surface area (Å²) in [7, 11) is 1.63. The number of hydrogen-bond acceptors (Lipinski definition) is 4. The average molecular weight is 435 g/mol. The van der Waals surface area contributed by atoms with E-state index in [9.17, 15) is 4.79 Å². The van der Waals surface area contributed by atoms with E-state index in [4.69, 9.17) is 14.8 Å². The Morgan fingerprint density at radius 1 is 0.939 bits per heavy atom. The van der Waals surface area contributed by atoms with Gasteiger partial charge in [-0.25, -0.2) is 9.67 Å². The standard InChI is InChI=1S/C26H21N5O2/c1-33-20-11-7-8-18(16-20)24-21(17-31(28-24)19-9-3-2-4-10-19)25(32)30-15-14-29-23-13-6-5-12-22(23)27-26(29)30/h2-13,16-17H,14-15H2,1H3. The van der Waals surface area contributed by atoms with E-state index in [1.807, 2.05) is 78.9 Å². The van der Waals surface area contributed by atoms with Crippen LogP contribution in [0, 0.1) is 0 Å². The highest BCUT2D eigenvalue weighted by Gasteiger charge is 2.32. The van der Waals surface area contributed by atoms with Gasteiger partial charge in [-0.2, -0.15) is 5.10 Å². The van der Waals surface area contributed by atoms with E-state index < -0.39 is 0 Å². The van der Waals surface area contributed by atoms with Gasteiger partial charge in [0, 0.05) is 24.8 Å². The molecule has 1 aliphatic heterocycles. The molecule has 0 saturated heterocycles. The summed E-state index contributed by atoms with van der Waals surface area (Å²) in [4.78, 5) is 20.4. The van der Waals surface area contributed by atoms with Gasteiger partial charge in [0.25, 0.3) is 5.91 Å². The second-order valence-corrected chi connectivity index (χ2v) is 7.91. The SMILES string of the molecule is COc1cccc(-c2nn(-c3ccccc3)cc2C(=O)N2CCn3c2nc2ccccc23)c1. The molecule has 1 aliphatic rings. The maximum absolute atomic E-state index is 13.9. The number of amides is 1. The van der Waals surface area contributed by atoms with Gasteiger partial charge in [-0.05, 0) is 36.4 Å². The lowest BCUT2D eigenvalue weighted by molar-refractivity contribution is 0.0989. The van der Waals surface area contributed by atoms with Crippen LogP contribution in [-0.2, 0) is 6.54 Å². The number of benzene rings is 3. The largest absolute Gasteiger partial charge is 0.497 e. The fraction of sp³-hybridized carbons (Fsp3) is 0.115. The molecule has 5 aromatic rings. The first kappa shape index (κ1) is 19.3. The fourth-order valence-electron chi connectivity index (χ4n) is 4.35. The van der Waals surface area contributed by atoms with Gasteiger partial charge in [0.1, 0.15) is 11.4 Å². The van der Waals surface area contributed by atoms with E-state index in [0.29, 0.717) is 36.0 Å². The number of rotatable bonds is 4. The molecule has 7 nitrogen and oxygen atoms in total. The number of aromatic nitrogens is 4. The molecule has 6 rings (SSSR count). The Morgan fingerprint density at radius 3 is 2.61 bits per heavy atom. The van der Waals surface area contributed by atoms with Gasteiger partial charge in [-0.1, -0.05) is 42.5 Å². The summed E-state index contributed by atoms with van der Waals surface area (Å²) in [5, 5.41) is 4.80. The number of imidazole rings is 1. The molecule has 0 atom stereocenters. The quantitative estimate of drug-likeness (QED) is 0.415. The molecule has 0 unspecified atom stereocenters. The van der Waals surface area contributed by atoms with Gasteiger partial charge in [0.05, 0.1) is 29.4 Å². The summed E-state index contributed by atoms with van der Waals surface area (Å²) in [6, 6.07) is 25.4. The molecule has 3 heterocycles. The highest BCUT2D eigenvalue weighted by molar-refractivity contribution is 6.10. The van der Waals surface area contributed by atoms with E-state index in [1.54, 1.807) is 22.9 Å². The molecule has 0 spiro atoms. The molecule has 162 valence electrons. The maximum Gasteiger partial charge on any atom is 0.264 e. The van der Waals surface area contributed by atoms with Crippen molar-refractivity contribution >= 4 is 22.9 Å². The van der Waals surface area contributed by atoms with Crippen LogP contribution in [0.2, 0.25) is 0 Å². The van der Waals surface area contributed by atoms with Gasteiger partial charge < -0.3 is 9.30 Å². The van der Waals surface area contributed by atoms with Crippen molar-refractivity contribution < 1.29 is 9.53 Å². The number of anilines is 1. The van der Waals surface area contributed by atoms with E-state index >= 15 is 0 Å². The molecule has 1 amide bonds. The first-order valence-corrected chi connectivity index (χ1v) is 10.8. The summed E-state index contributed by atoms with van der Waals surface area (Å²) in [6.45, 7) is 1.28. The molecule has 0 bridgehead atoms. The van der Waals surface area contributed by atoms with Crippen molar-refractivity contribution in [2.45, 2.75) is 6.54 Å². The number of para-hydroxylation sites is 3. The number of methoxy groups -OCH3 is 1. The third-order valence-corrected chi connectivity index (χ3v) is 5.98. The molecular weight excluding hydrogens is 414 g/mol. The Balaban J connectivity index is 1.48. The first-order valence-electron chi connectivity index (χ1n) is 10.8. The lowest BCUT2D eigenvalue weighted by Crippen LogP contribution is -2.29. The van der Waals surface area contributed by atoms with Gasteiger partial charge in [-0.15, -0.1) is 0 Å². The zero-order valence-corrected chi connectivity index (χ0v) is 18.0. The molecule has 33 heavy (non-hydrogen) atoms. The highest BCUT2D eigenvalue weighted by atomic mass is 16.5. The van der Waals surface area contributed by atoms with Gasteiger partial charge in [0.15, 0.2) is 0 Å². The van der Waals surface area contributed by atoms with Crippen molar-refractivity contribution in [3.05, 3.63) is 90.6 Å². The van der Waals surface area contributed by atoms with Crippen molar-refractivity contribution in [3.8, 4) is 22.7 Å². The molecule has 0 radical (unpaired) electrons. The zero-order valence-electron chi connectivity index (χ0n) is 18.0. The predicted molar refractivity (Wildman–Crippen MR) is 127 cm³/mol. The molecule has 3 aromatic carbocycles. The summed E-state index contributed by atoms with van der Waals surface area (Å²) in [5.41, 5.74) is 4.76. The Labute approximate surface area is 190 Å². The van der Waals surface area contributed by atoms with Crippen LogP contribution in [0.3, 0.4) is 0 Å². The van der Waals surface area contributed by atoms with Crippen LogP contribution in [0.15, 0.2) is 85.1 Å². The molecule has 0 aliphatic carbocycles. The van der Waals surface area contributed by atoms with Crippen LogP contribution in [0.25, 0.3) is 28.0 Å². The Morgan fingerprint density at radius 2 is 1.76 bits per heavy atom. The molecule has 7 heteroatoms. The normalized spacial score (nSPS) is 12.8. The predicted octanol–water partition coefficient (Wildman–Crippen LogP) is 4.56. The first-order chi connectivity index (χ1) is 16.2. The Kier molecular flexibility index (Phi) is 4.47. The molecule has 2 aromatic heterocycles. The smallest absolute Gasteiger partial charge is 0.264 e. The third kappa shape index (κ3) is 3.17. The number of carbonyl (C=O) groups is 1. The Hall–Kier alpha value is -4.39. The topological polar surface area (TPSA) is 65.2 Å². The minimum absolute atomic E-state index is 0.121. The van der Waals surface area contributed by atoms with E-state index in [0.717, 1.165) is 22.3 Å². The number of fused-ring (bicyclic) bond motifs is 3. The molecular formula is C26H21N5O2. The minimum Gasteiger partial charge on any atom is -0.497 e. The minimum atomic E-state index is -0.121. The third-order valence-electron chi connectivity index (χ3n) is 5.98. The summed E-state index contributed by atoms with van der Waals surface area (Å²) in [5.74, 6) is 1.26. The summed E-state index contributed by atoms with van der Waals surface area (Å²) < 4.78 is 9.25.